The molecule has 166 valence electrons. The third kappa shape index (κ3) is 5.16. The number of carbonyl (C=O) groups excluding carboxylic acids is 1. The van der Waals surface area contributed by atoms with Gasteiger partial charge in [0.2, 0.25) is 0 Å². The Morgan fingerprint density at radius 3 is 2.28 bits per heavy atom. The Bertz CT molecular complexity index is 1210. The van der Waals surface area contributed by atoms with Gasteiger partial charge < -0.3 is 4.57 Å². The number of hydrogen-bond acceptors (Lipinski definition) is 1. The molecule has 0 aliphatic carbocycles. The normalized spacial score (nSPS) is 11.2. The van der Waals surface area contributed by atoms with Crippen LogP contribution in [0, 0.1) is 5.82 Å². The maximum atomic E-state index is 14.2. The summed E-state index contributed by atoms with van der Waals surface area (Å²) in [5.74, 6) is 0.146. The molecule has 0 radical (unpaired) electrons. The van der Waals surface area contributed by atoms with E-state index in [1.807, 2.05) is 24.3 Å². The summed E-state index contributed by atoms with van der Waals surface area (Å²) in [6, 6.07) is 23.6. The number of halogens is 1. The molecule has 3 aromatic carbocycles. The number of aryl methyl sites for hydroxylation is 3. The van der Waals surface area contributed by atoms with Gasteiger partial charge in [0, 0.05) is 36.9 Å². The van der Waals surface area contributed by atoms with E-state index in [-0.39, 0.29) is 7.24 Å². The smallest absolute Gasteiger partial charge is 0.133 e. The number of fused-ring (bicyclic) bond motifs is 1. The van der Waals surface area contributed by atoms with Crippen LogP contribution in [0.15, 0.2) is 79.0 Å². The summed E-state index contributed by atoms with van der Waals surface area (Å²) >= 11 is 0. The number of ketones is 1. The fourth-order valence-corrected chi connectivity index (χ4v) is 4.48. The van der Waals surface area contributed by atoms with Crippen LogP contribution in [0.3, 0.4) is 0 Å². The average molecular weight is 430 g/mol. The molecule has 4 aromatic rings. The highest BCUT2D eigenvalue weighted by molar-refractivity contribution is 5.84. The van der Waals surface area contributed by atoms with Crippen LogP contribution < -0.4 is 0 Å². The van der Waals surface area contributed by atoms with E-state index in [0.29, 0.717) is 30.7 Å². The van der Waals surface area contributed by atoms with Gasteiger partial charge in [-0.1, -0.05) is 67.6 Å². The van der Waals surface area contributed by atoms with Crippen molar-refractivity contribution in [1.82, 2.24) is 4.57 Å². The van der Waals surface area contributed by atoms with Gasteiger partial charge in [-0.15, -0.1) is 0 Å². The predicted octanol–water partition coefficient (Wildman–Crippen LogP) is 7.16. The highest BCUT2D eigenvalue weighted by Gasteiger charge is 2.11. The summed E-state index contributed by atoms with van der Waals surface area (Å²) in [5.41, 5.74) is 5.64. The second-order valence-electron chi connectivity index (χ2n) is 8.41. The van der Waals surface area contributed by atoms with Gasteiger partial charge in [-0.25, -0.2) is 4.39 Å². The van der Waals surface area contributed by atoms with E-state index < -0.39 is 0 Å². The van der Waals surface area contributed by atoms with Crippen LogP contribution in [0.2, 0.25) is 0 Å². The first kappa shape index (κ1) is 22.0. The third-order valence-corrected chi connectivity index (χ3v) is 6.24. The number of nitrogens with zero attached hydrogens (tertiary/aromatic N) is 1. The highest BCUT2D eigenvalue weighted by Crippen LogP contribution is 2.25. The molecular weight excluding hydrogens is 397 g/mol. The molecule has 1 heterocycles. The molecular formula is C29H32FNO. The van der Waals surface area contributed by atoms with Gasteiger partial charge in [-0.05, 0) is 54.5 Å². The van der Waals surface area contributed by atoms with Crippen LogP contribution in [0.5, 0.6) is 0 Å². The number of Topliss-reactive ketones (excluding diaryl/α,β-unsaturated/α-hetero) is 1. The van der Waals surface area contributed by atoms with Gasteiger partial charge >= 0.3 is 0 Å². The van der Waals surface area contributed by atoms with Crippen LogP contribution >= 0.6 is 0 Å². The standard InChI is InChI=1S/C29H30FNO.H2/c1-2-22-10-3-4-11-23(22)18-19-26(32)14-9-13-24-20-31(29-17-8-6-15-27(24)29)21-25-12-5-7-16-28(25)30;/h3-8,10-12,15-17,20H,2,9,13-14,18-19,21H2,1H3;1H. The Balaban J connectivity index is 0.00000306. The molecule has 0 unspecified atom stereocenters. The number of hydrogen-bond donors (Lipinski definition) is 0. The minimum absolute atomic E-state index is 0. The second-order valence-corrected chi connectivity index (χ2v) is 8.41. The van der Waals surface area contributed by atoms with Crippen molar-refractivity contribution in [3.05, 3.63) is 107 Å². The first-order valence-corrected chi connectivity index (χ1v) is 11.5. The first-order chi connectivity index (χ1) is 15.7. The lowest BCUT2D eigenvalue weighted by molar-refractivity contribution is -0.119. The Morgan fingerprint density at radius 1 is 0.812 bits per heavy atom. The Morgan fingerprint density at radius 2 is 1.50 bits per heavy atom. The van der Waals surface area contributed by atoms with Crippen molar-refractivity contribution in [3.63, 3.8) is 0 Å². The van der Waals surface area contributed by atoms with Crippen LogP contribution in [0.1, 0.15) is 49.9 Å². The van der Waals surface area contributed by atoms with E-state index in [1.54, 1.807) is 6.07 Å². The van der Waals surface area contributed by atoms with Gasteiger partial charge in [0.1, 0.15) is 11.6 Å². The maximum Gasteiger partial charge on any atom is 0.133 e. The quantitative estimate of drug-likeness (QED) is 0.262. The van der Waals surface area contributed by atoms with Crippen molar-refractivity contribution in [3.8, 4) is 0 Å². The van der Waals surface area contributed by atoms with Crippen molar-refractivity contribution in [1.29, 1.82) is 0 Å². The molecule has 0 saturated heterocycles. The summed E-state index contributed by atoms with van der Waals surface area (Å²) in [4.78, 5) is 12.5. The summed E-state index contributed by atoms with van der Waals surface area (Å²) < 4.78 is 16.3. The van der Waals surface area contributed by atoms with Crippen LogP contribution in [0.4, 0.5) is 4.39 Å². The number of para-hydroxylation sites is 1. The molecule has 2 nitrogen and oxygen atoms in total. The summed E-state index contributed by atoms with van der Waals surface area (Å²) in [6.07, 6.45) is 6.84. The summed E-state index contributed by atoms with van der Waals surface area (Å²) in [7, 11) is 0. The fraction of sp³-hybridized carbons (Fsp3) is 0.276. The highest BCUT2D eigenvalue weighted by atomic mass is 19.1. The minimum atomic E-state index is -0.179. The van der Waals surface area contributed by atoms with Crippen molar-refractivity contribution in [2.24, 2.45) is 0 Å². The molecule has 0 amide bonds. The molecule has 4 rings (SSSR count). The van der Waals surface area contributed by atoms with Crippen molar-refractivity contribution in [2.75, 3.05) is 0 Å². The molecule has 3 heteroatoms. The molecule has 0 spiro atoms. The lowest BCUT2D eigenvalue weighted by atomic mass is 9.98. The Hall–Kier alpha value is -3.20. The zero-order valence-electron chi connectivity index (χ0n) is 18.7. The van der Waals surface area contributed by atoms with Crippen LogP contribution in [-0.2, 0) is 30.6 Å². The molecule has 0 N–H and O–H groups in total. The van der Waals surface area contributed by atoms with E-state index >= 15 is 0 Å². The number of carbonyl (C=O) groups is 1. The van der Waals surface area contributed by atoms with Crippen molar-refractivity contribution in [2.45, 2.75) is 52.0 Å². The van der Waals surface area contributed by atoms with Crippen molar-refractivity contribution >= 4 is 16.7 Å². The largest absolute Gasteiger partial charge is 0.343 e. The van der Waals surface area contributed by atoms with Gasteiger partial charge in [-0.3, -0.25) is 4.79 Å². The van der Waals surface area contributed by atoms with E-state index in [0.717, 1.165) is 31.2 Å². The van der Waals surface area contributed by atoms with Gasteiger partial charge in [0.05, 0.1) is 6.54 Å². The van der Waals surface area contributed by atoms with E-state index in [2.05, 4.69) is 54.1 Å². The zero-order valence-corrected chi connectivity index (χ0v) is 18.7. The fourth-order valence-electron chi connectivity index (χ4n) is 4.48. The van der Waals surface area contributed by atoms with Crippen LogP contribution in [0.25, 0.3) is 10.9 Å². The number of aromatic nitrogens is 1. The predicted molar refractivity (Wildman–Crippen MR) is 132 cm³/mol. The van der Waals surface area contributed by atoms with Gasteiger partial charge in [0.15, 0.2) is 0 Å². The molecule has 0 fully saturated rings. The molecule has 0 saturated carbocycles. The lowest BCUT2D eigenvalue weighted by Gasteiger charge is -2.07. The van der Waals surface area contributed by atoms with E-state index in [4.69, 9.17) is 0 Å². The zero-order chi connectivity index (χ0) is 22.3. The van der Waals surface area contributed by atoms with E-state index in [9.17, 15) is 9.18 Å². The molecule has 0 aliphatic rings. The average Bonchev–Trinajstić information content (AvgIpc) is 3.17. The minimum Gasteiger partial charge on any atom is -0.343 e. The maximum absolute atomic E-state index is 14.2. The first-order valence-electron chi connectivity index (χ1n) is 11.5. The number of rotatable bonds is 10. The Labute approximate surface area is 191 Å². The van der Waals surface area contributed by atoms with E-state index in [1.165, 1.54) is 28.1 Å². The molecule has 0 atom stereocenters. The lowest BCUT2D eigenvalue weighted by Crippen LogP contribution is -2.03. The van der Waals surface area contributed by atoms with Crippen molar-refractivity contribution < 1.29 is 10.6 Å². The SMILES string of the molecule is CCc1ccccc1CCC(=O)CCCc1cn(Cc2ccccc2F)c2ccccc12.[HH]. The third-order valence-electron chi connectivity index (χ3n) is 6.24. The molecule has 0 bridgehead atoms. The van der Waals surface area contributed by atoms with Crippen LogP contribution in [-0.4, -0.2) is 10.4 Å². The number of benzene rings is 3. The van der Waals surface area contributed by atoms with Gasteiger partial charge in [0.25, 0.3) is 0 Å². The van der Waals surface area contributed by atoms with Gasteiger partial charge in [-0.2, -0.15) is 0 Å². The summed E-state index contributed by atoms with van der Waals surface area (Å²) in [6.45, 7) is 2.66. The topological polar surface area (TPSA) is 22.0 Å². The molecule has 1 aromatic heterocycles. The molecule has 32 heavy (non-hydrogen) atoms. The monoisotopic (exact) mass is 429 g/mol. The molecule has 0 aliphatic heterocycles. The Kier molecular flexibility index (Phi) is 7.16. The second kappa shape index (κ2) is 10.4. The summed E-state index contributed by atoms with van der Waals surface area (Å²) in [5, 5.41) is 1.19.